The number of hydrogen-bond donors (Lipinski definition) is 2. The van der Waals surface area contributed by atoms with E-state index in [1.807, 2.05) is 34.6 Å². The average Bonchev–Trinajstić information content (AvgIpc) is 2.47. The first-order valence-corrected chi connectivity index (χ1v) is 5.61. The number of aromatic amines is 1. The predicted molar refractivity (Wildman–Crippen MR) is 64.2 cm³/mol. The molecule has 4 heteroatoms. The zero-order valence-electron chi connectivity index (χ0n) is 10.8. The highest BCUT2D eigenvalue weighted by molar-refractivity contribution is 5.81. The number of aryl methyl sites for hydroxylation is 2. The van der Waals surface area contributed by atoms with Gasteiger partial charge in [-0.05, 0) is 25.8 Å². The van der Waals surface area contributed by atoms with Crippen LogP contribution in [0.15, 0.2) is 0 Å². The highest BCUT2D eigenvalue weighted by Gasteiger charge is 2.20. The third-order valence-electron chi connectivity index (χ3n) is 2.62. The molecule has 0 radical (unpaired) electrons. The van der Waals surface area contributed by atoms with Crippen LogP contribution in [-0.4, -0.2) is 22.6 Å². The van der Waals surface area contributed by atoms with Crippen LogP contribution < -0.4 is 5.32 Å². The number of carbonyl (C=O) groups is 1. The van der Waals surface area contributed by atoms with Crippen LogP contribution in [0.4, 0.5) is 0 Å². The molecular formula is C12H21N3O. The maximum Gasteiger partial charge on any atom is 0.225 e. The van der Waals surface area contributed by atoms with Gasteiger partial charge in [-0.2, -0.15) is 5.10 Å². The molecule has 0 spiro atoms. The standard InChI is InChI=1S/C12H21N3O/c1-8-10(9(2)15-14-8)6-7-13-11(16)12(3,4)5/h6-7H2,1-5H3,(H,13,16)(H,14,15). The van der Waals surface area contributed by atoms with E-state index in [1.54, 1.807) is 0 Å². The highest BCUT2D eigenvalue weighted by atomic mass is 16.2. The number of carbonyl (C=O) groups excluding carboxylic acids is 1. The second-order valence-electron chi connectivity index (χ2n) is 5.17. The normalized spacial score (nSPS) is 11.6. The van der Waals surface area contributed by atoms with E-state index in [-0.39, 0.29) is 11.3 Å². The summed E-state index contributed by atoms with van der Waals surface area (Å²) in [5.74, 6) is 0.0892. The van der Waals surface area contributed by atoms with Gasteiger partial charge in [-0.15, -0.1) is 0 Å². The highest BCUT2D eigenvalue weighted by Crippen LogP contribution is 2.13. The minimum atomic E-state index is -0.319. The van der Waals surface area contributed by atoms with Gasteiger partial charge >= 0.3 is 0 Å². The summed E-state index contributed by atoms with van der Waals surface area (Å²) >= 11 is 0. The smallest absolute Gasteiger partial charge is 0.225 e. The number of H-pyrrole nitrogens is 1. The van der Waals surface area contributed by atoms with Crippen molar-refractivity contribution in [2.75, 3.05) is 6.54 Å². The number of nitrogens with zero attached hydrogens (tertiary/aromatic N) is 1. The van der Waals surface area contributed by atoms with E-state index in [9.17, 15) is 4.79 Å². The van der Waals surface area contributed by atoms with Crippen LogP contribution in [0, 0.1) is 19.3 Å². The van der Waals surface area contributed by atoms with Crippen molar-refractivity contribution in [2.45, 2.75) is 41.0 Å². The van der Waals surface area contributed by atoms with Crippen molar-refractivity contribution < 1.29 is 4.79 Å². The minimum absolute atomic E-state index is 0.0892. The lowest BCUT2D eigenvalue weighted by atomic mass is 9.95. The molecule has 4 nitrogen and oxygen atoms in total. The molecule has 16 heavy (non-hydrogen) atoms. The molecule has 0 unspecified atom stereocenters. The van der Waals surface area contributed by atoms with E-state index in [0.29, 0.717) is 6.54 Å². The molecule has 0 aliphatic rings. The van der Waals surface area contributed by atoms with E-state index in [2.05, 4.69) is 15.5 Å². The Hall–Kier alpha value is -1.32. The van der Waals surface area contributed by atoms with Gasteiger partial charge in [0.1, 0.15) is 0 Å². The fourth-order valence-electron chi connectivity index (χ4n) is 1.51. The number of nitrogens with one attached hydrogen (secondary N) is 2. The van der Waals surface area contributed by atoms with E-state index in [4.69, 9.17) is 0 Å². The van der Waals surface area contributed by atoms with Crippen molar-refractivity contribution in [3.05, 3.63) is 17.0 Å². The molecule has 0 aliphatic heterocycles. The summed E-state index contributed by atoms with van der Waals surface area (Å²) in [5, 5.41) is 10.0. The lowest BCUT2D eigenvalue weighted by Gasteiger charge is -2.17. The van der Waals surface area contributed by atoms with Crippen LogP contribution in [0.2, 0.25) is 0 Å². The quantitative estimate of drug-likeness (QED) is 0.820. The fraction of sp³-hybridized carbons (Fsp3) is 0.667. The molecule has 1 aromatic rings. The zero-order valence-corrected chi connectivity index (χ0v) is 10.8. The van der Waals surface area contributed by atoms with E-state index in [1.165, 1.54) is 5.56 Å². The lowest BCUT2D eigenvalue weighted by Crippen LogP contribution is -2.36. The molecule has 1 heterocycles. The van der Waals surface area contributed by atoms with E-state index in [0.717, 1.165) is 17.8 Å². The molecule has 2 N–H and O–H groups in total. The van der Waals surface area contributed by atoms with Crippen LogP contribution in [0.3, 0.4) is 0 Å². The second kappa shape index (κ2) is 4.68. The van der Waals surface area contributed by atoms with Gasteiger partial charge in [0.2, 0.25) is 5.91 Å². The monoisotopic (exact) mass is 223 g/mol. The molecule has 1 aromatic heterocycles. The summed E-state index contributed by atoms with van der Waals surface area (Å²) in [5.41, 5.74) is 2.99. The van der Waals surface area contributed by atoms with E-state index < -0.39 is 0 Å². The topological polar surface area (TPSA) is 57.8 Å². The van der Waals surface area contributed by atoms with Gasteiger partial charge in [-0.1, -0.05) is 20.8 Å². The Morgan fingerprint density at radius 1 is 1.38 bits per heavy atom. The van der Waals surface area contributed by atoms with Crippen LogP contribution >= 0.6 is 0 Å². The summed E-state index contributed by atoms with van der Waals surface area (Å²) in [7, 11) is 0. The Bertz CT molecular complexity index is 355. The third kappa shape index (κ3) is 3.08. The van der Waals surface area contributed by atoms with Crippen molar-refractivity contribution >= 4 is 5.91 Å². The van der Waals surface area contributed by atoms with Crippen molar-refractivity contribution in [1.29, 1.82) is 0 Å². The molecule has 0 aliphatic carbocycles. The first kappa shape index (κ1) is 12.7. The Morgan fingerprint density at radius 3 is 2.44 bits per heavy atom. The molecule has 90 valence electrons. The van der Waals surface area contributed by atoms with E-state index >= 15 is 0 Å². The van der Waals surface area contributed by atoms with Crippen LogP contribution in [0.1, 0.15) is 37.7 Å². The van der Waals surface area contributed by atoms with Crippen LogP contribution in [0.5, 0.6) is 0 Å². The van der Waals surface area contributed by atoms with Gasteiger partial charge in [0.05, 0.1) is 5.69 Å². The van der Waals surface area contributed by atoms with Crippen molar-refractivity contribution in [1.82, 2.24) is 15.5 Å². The van der Waals surface area contributed by atoms with Gasteiger partial charge in [0.25, 0.3) is 0 Å². The van der Waals surface area contributed by atoms with Gasteiger partial charge in [0, 0.05) is 17.7 Å². The van der Waals surface area contributed by atoms with Crippen molar-refractivity contribution in [3.8, 4) is 0 Å². The minimum Gasteiger partial charge on any atom is -0.355 e. The number of rotatable bonds is 3. The molecule has 0 aromatic carbocycles. The summed E-state index contributed by atoms with van der Waals surface area (Å²) < 4.78 is 0. The van der Waals surface area contributed by atoms with Gasteiger partial charge in [-0.25, -0.2) is 0 Å². The van der Waals surface area contributed by atoms with Crippen molar-refractivity contribution in [3.63, 3.8) is 0 Å². The molecule has 0 bridgehead atoms. The lowest BCUT2D eigenvalue weighted by molar-refractivity contribution is -0.128. The first-order chi connectivity index (χ1) is 7.32. The van der Waals surface area contributed by atoms with Crippen LogP contribution in [0.25, 0.3) is 0 Å². The largest absolute Gasteiger partial charge is 0.355 e. The van der Waals surface area contributed by atoms with Gasteiger partial charge < -0.3 is 5.32 Å². The molecule has 0 fully saturated rings. The summed E-state index contributed by atoms with van der Waals surface area (Å²) in [4.78, 5) is 11.6. The molecule has 1 rings (SSSR count). The fourth-order valence-corrected chi connectivity index (χ4v) is 1.51. The average molecular weight is 223 g/mol. The second-order valence-corrected chi connectivity index (χ2v) is 5.17. The number of amides is 1. The Morgan fingerprint density at radius 2 is 2.00 bits per heavy atom. The molecule has 0 saturated heterocycles. The summed E-state index contributed by atoms with van der Waals surface area (Å²) in [6.45, 7) is 10.4. The number of aromatic nitrogens is 2. The van der Waals surface area contributed by atoms with Gasteiger partial charge in [-0.3, -0.25) is 9.89 Å². The maximum absolute atomic E-state index is 11.6. The van der Waals surface area contributed by atoms with Crippen LogP contribution in [-0.2, 0) is 11.2 Å². The molecule has 1 amide bonds. The molecular weight excluding hydrogens is 202 g/mol. The zero-order chi connectivity index (χ0) is 12.3. The Labute approximate surface area is 96.8 Å². The summed E-state index contributed by atoms with van der Waals surface area (Å²) in [6, 6.07) is 0. The SMILES string of the molecule is Cc1n[nH]c(C)c1CCNC(=O)C(C)(C)C. The van der Waals surface area contributed by atoms with Crippen molar-refractivity contribution in [2.24, 2.45) is 5.41 Å². The first-order valence-electron chi connectivity index (χ1n) is 5.61. The predicted octanol–water partition coefficient (Wildman–Crippen LogP) is 1.73. The molecule has 0 saturated carbocycles. The Balaban J connectivity index is 2.46. The molecule has 0 atom stereocenters. The third-order valence-corrected chi connectivity index (χ3v) is 2.62. The number of hydrogen-bond acceptors (Lipinski definition) is 2. The van der Waals surface area contributed by atoms with Gasteiger partial charge in [0.15, 0.2) is 0 Å². The Kier molecular flexibility index (Phi) is 3.73. The maximum atomic E-state index is 11.6. The summed E-state index contributed by atoms with van der Waals surface area (Å²) in [6.07, 6.45) is 0.829.